The molecule has 0 bridgehead atoms. The molecule has 1 aromatic heterocycles. The number of rotatable bonds is 3. The van der Waals surface area contributed by atoms with E-state index in [1.54, 1.807) is 12.4 Å². The van der Waals surface area contributed by atoms with E-state index >= 15 is 0 Å². The number of anilines is 1. The lowest BCUT2D eigenvalue weighted by atomic mass is 10.4. The average molecular weight is 189 g/mol. The van der Waals surface area contributed by atoms with Crippen molar-refractivity contribution < 1.29 is 5.11 Å². The van der Waals surface area contributed by atoms with Crippen LogP contribution in [0.25, 0.3) is 0 Å². The highest BCUT2D eigenvalue weighted by atomic mass is 35.5. The van der Waals surface area contributed by atoms with Gasteiger partial charge in [0.05, 0.1) is 6.61 Å². The molecule has 0 unspecified atom stereocenters. The molecule has 4 heteroatoms. The van der Waals surface area contributed by atoms with Gasteiger partial charge < -0.3 is 10.0 Å². The first kappa shape index (κ1) is 11.2. The molecule has 0 saturated heterocycles. The third-order valence-corrected chi connectivity index (χ3v) is 1.54. The van der Waals surface area contributed by atoms with Crippen LogP contribution < -0.4 is 4.90 Å². The molecule has 0 aliphatic rings. The topological polar surface area (TPSA) is 36.4 Å². The molecule has 1 rings (SSSR count). The first-order chi connectivity index (χ1) is 5.34. The Morgan fingerprint density at radius 1 is 1.42 bits per heavy atom. The second-order valence-corrected chi connectivity index (χ2v) is 2.35. The van der Waals surface area contributed by atoms with Crippen LogP contribution in [0.5, 0.6) is 0 Å². The number of pyridine rings is 1. The molecule has 0 fully saturated rings. The maximum absolute atomic E-state index is 8.64. The largest absolute Gasteiger partial charge is 0.395 e. The maximum atomic E-state index is 8.64. The summed E-state index contributed by atoms with van der Waals surface area (Å²) in [6, 6.07) is 3.82. The summed E-state index contributed by atoms with van der Waals surface area (Å²) >= 11 is 0. The molecule has 0 aliphatic heterocycles. The van der Waals surface area contributed by atoms with Crippen molar-refractivity contribution in [1.29, 1.82) is 0 Å². The minimum Gasteiger partial charge on any atom is -0.395 e. The van der Waals surface area contributed by atoms with Gasteiger partial charge in [0.1, 0.15) is 0 Å². The summed E-state index contributed by atoms with van der Waals surface area (Å²) in [7, 11) is 1.94. The maximum Gasteiger partial charge on any atom is 0.0606 e. The van der Waals surface area contributed by atoms with Gasteiger partial charge in [0.15, 0.2) is 0 Å². The Labute approximate surface area is 78.5 Å². The molecule has 1 heterocycles. The first-order valence-corrected chi connectivity index (χ1v) is 3.56. The molecule has 1 N–H and O–H groups in total. The van der Waals surface area contributed by atoms with Crippen molar-refractivity contribution in [2.75, 3.05) is 25.1 Å². The van der Waals surface area contributed by atoms with Gasteiger partial charge in [-0.05, 0) is 12.1 Å². The number of nitrogens with zero attached hydrogens (tertiary/aromatic N) is 2. The van der Waals surface area contributed by atoms with Crippen LogP contribution in [0.3, 0.4) is 0 Å². The van der Waals surface area contributed by atoms with Gasteiger partial charge in [0.2, 0.25) is 0 Å². The van der Waals surface area contributed by atoms with Crippen LogP contribution in [0.15, 0.2) is 24.5 Å². The molecule has 0 saturated carbocycles. The zero-order chi connectivity index (χ0) is 8.10. The Hall–Kier alpha value is -0.800. The third-order valence-electron chi connectivity index (χ3n) is 1.54. The highest BCUT2D eigenvalue weighted by Gasteiger charge is 1.96. The molecule has 12 heavy (non-hydrogen) atoms. The summed E-state index contributed by atoms with van der Waals surface area (Å²) in [6.45, 7) is 0.836. The van der Waals surface area contributed by atoms with E-state index in [0.29, 0.717) is 6.54 Å². The van der Waals surface area contributed by atoms with Crippen LogP contribution in [-0.4, -0.2) is 30.3 Å². The van der Waals surface area contributed by atoms with Crippen molar-refractivity contribution in [1.82, 2.24) is 4.98 Å². The van der Waals surface area contributed by atoms with Crippen LogP contribution in [0.1, 0.15) is 0 Å². The van der Waals surface area contributed by atoms with E-state index < -0.39 is 0 Å². The number of likely N-dealkylation sites (N-methyl/N-ethyl adjacent to an activating group) is 1. The van der Waals surface area contributed by atoms with E-state index in [2.05, 4.69) is 4.98 Å². The van der Waals surface area contributed by atoms with Gasteiger partial charge >= 0.3 is 0 Å². The highest BCUT2D eigenvalue weighted by molar-refractivity contribution is 5.85. The van der Waals surface area contributed by atoms with Crippen LogP contribution in [0, 0.1) is 0 Å². The van der Waals surface area contributed by atoms with Crippen molar-refractivity contribution in [2.24, 2.45) is 0 Å². The molecule has 68 valence electrons. The average Bonchev–Trinajstić information content (AvgIpc) is 2.07. The smallest absolute Gasteiger partial charge is 0.0606 e. The predicted molar refractivity (Wildman–Crippen MR) is 51.8 cm³/mol. The van der Waals surface area contributed by atoms with Crippen molar-refractivity contribution >= 4 is 18.1 Å². The molecule has 0 aromatic carbocycles. The summed E-state index contributed by atoms with van der Waals surface area (Å²) in [5.41, 5.74) is 1.08. The van der Waals surface area contributed by atoms with Gasteiger partial charge in [-0.25, -0.2) is 0 Å². The Morgan fingerprint density at radius 3 is 2.50 bits per heavy atom. The van der Waals surface area contributed by atoms with Crippen molar-refractivity contribution in [3.63, 3.8) is 0 Å². The van der Waals surface area contributed by atoms with Gasteiger partial charge in [0, 0.05) is 31.7 Å². The van der Waals surface area contributed by atoms with Gasteiger partial charge in [-0.3, -0.25) is 4.98 Å². The van der Waals surface area contributed by atoms with Crippen molar-refractivity contribution in [2.45, 2.75) is 0 Å². The molecule has 0 spiro atoms. The van der Waals surface area contributed by atoms with E-state index in [1.807, 2.05) is 24.1 Å². The number of halogens is 1. The number of aliphatic hydroxyl groups is 1. The lowest BCUT2D eigenvalue weighted by Gasteiger charge is -2.16. The van der Waals surface area contributed by atoms with Crippen LogP contribution in [-0.2, 0) is 0 Å². The van der Waals surface area contributed by atoms with Crippen molar-refractivity contribution in [3.8, 4) is 0 Å². The van der Waals surface area contributed by atoms with Gasteiger partial charge in [-0.2, -0.15) is 0 Å². The number of hydrogen-bond donors (Lipinski definition) is 1. The fourth-order valence-electron chi connectivity index (χ4n) is 0.878. The highest BCUT2D eigenvalue weighted by Crippen LogP contribution is 2.07. The second kappa shape index (κ2) is 5.80. The van der Waals surface area contributed by atoms with E-state index in [4.69, 9.17) is 5.11 Å². The zero-order valence-corrected chi connectivity index (χ0v) is 7.79. The molecule has 0 amide bonds. The Kier molecular flexibility index (Phi) is 5.41. The second-order valence-electron chi connectivity index (χ2n) is 2.35. The Bertz CT molecular complexity index is 205. The quantitative estimate of drug-likeness (QED) is 0.767. The molecule has 0 aliphatic carbocycles. The fourth-order valence-corrected chi connectivity index (χ4v) is 0.878. The molecule has 1 aromatic rings. The lowest BCUT2D eigenvalue weighted by Crippen LogP contribution is -2.20. The first-order valence-electron chi connectivity index (χ1n) is 3.56. The van der Waals surface area contributed by atoms with Crippen LogP contribution in [0.4, 0.5) is 5.69 Å². The minimum absolute atomic E-state index is 0. The van der Waals surface area contributed by atoms with E-state index in [0.717, 1.165) is 5.69 Å². The fraction of sp³-hybridized carbons (Fsp3) is 0.375. The Morgan fingerprint density at radius 2 is 2.00 bits per heavy atom. The standard InChI is InChI=1S/C8H12N2O.ClH/c1-10(6-7-11)8-2-4-9-5-3-8;/h2-5,11H,6-7H2,1H3;1H. The number of aliphatic hydroxyl groups excluding tert-OH is 1. The lowest BCUT2D eigenvalue weighted by molar-refractivity contribution is 0.304. The molecule has 0 atom stereocenters. The molecular weight excluding hydrogens is 176 g/mol. The SMILES string of the molecule is CN(CCO)c1ccncc1.Cl. The van der Waals surface area contributed by atoms with Gasteiger partial charge in [-0.1, -0.05) is 0 Å². The van der Waals surface area contributed by atoms with E-state index in [1.165, 1.54) is 0 Å². The molecule has 0 radical (unpaired) electrons. The summed E-state index contributed by atoms with van der Waals surface area (Å²) < 4.78 is 0. The molecule has 3 nitrogen and oxygen atoms in total. The monoisotopic (exact) mass is 188 g/mol. The van der Waals surface area contributed by atoms with Crippen LogP contribution in [0.2, 0.25) is 0 Å². The predicted octanol–water partition coefficient (Wildman–Crippen LogP) is 0.932. The van der Waals surface area contributed by atoms with E-state index in [9.17, 15) is 0 Å². The van der Waals surface area contributed by atoms with Crippen molar-refractivity contribution in [3.05, 3.63) is 24.5 Å². The summed E-state index contributed by atoms with van der Waals surface area (Å²) in [5, 5.41) is 8.64. The number of hydrogen-bond acceptors (Lipinski definition) is 3. The van der Waals surface area contributed by atoms with Crippen LogP contribution >= 0.6 is 12.4 Å². The normalized spacial score (nSPS) is 8.83. The minimum atomic E-state index is 0. The summed E-state index contributed by atoms with van der Waals surface area (Å²) in [4.78, 5) is 5.87. The zero-order valence-electron chi connectivity index (χ0n) is 6.97. The summed E-state index contributed by atoms with van der Waals surface area (Å²) in [5.74, 6) is 0. The van der Waals surface area contributed by atoms with Gasteiger partial charge in [-0.15, -0.1) is 12.4 Å². The summed E-state index contributed by atoms with van der Waals surface area (Å²) in [6.07, 6.45) is 3.48. The third kappa shape index (κ3) is 3.07. The van der Waals surface area contributed by atoms with Gasteiger partial charge in [0.25, 0.3) is 0 Å². The number of aromatic nitrogens is 1. The van der Waals surface area contributed by atoms with E-state index in [-0.39, 0.29) is 19.0 Å². The molecular formula is C8H13ClN2O. The Balaban J connectivity index is 0.00000121.